The Balaban J connectivity index is 1.94. The zero-order valence-corrected chi connectivity index (χ0v) is 14.2. The number of para-hydroxylation sites is 2. The van der Waals surface area contributed by atoms with E-state index in [0.717, 1.165) is 28.2 Å². The molecule has 2 aromatic carbocycles. The molecular formula is C20H19N3O2. The number of nitrogens with zero attached hydrogens (tertiary/aromatic N) is 2. The number of esters is 1. The van der Waals surface area contributed by atoms with Gasteiger partial charge in [-0.1, -0.05) is 42.5 Å². The van der Waals surface area contributed by atoms with Gasteiger partial charge < -0.3 is 10.1 Å². The number of fused-ring (bicyclic) bond motifs is 3. The van der Waals surface area contributed by atoms with E-state index in [1.807, 2.05) is 73.0 Å². The largest absolute Gasteiger partial charge is 0.463 e. The van der Waals surface area contributed by atoms with Gasteiger partial charge in [0.2, 0.25) is 5.95 Å². The van der Waals surface area contributed by atoms with Crippen molar-refractivity contribution >= 4 is 28.6 Å². The van der Waals surface area contributed by atoms with Gasteiger partial charge in [-0.05, 0) is 31.5 Å². The van der Waals surface area contributed by atoms with Crippen LogP contribution in [-0.4, -0.2) is 22.1 Å². The number of allylic oxidation sites excluding steroid dienone is 1. The van der Waals surface area contributed by atoms with Crippen LogP contribution in [0.4, 0.5) is 5.95 Å². The molecular weight excluding hydrogens is 314 g/mol. The lowest BCUT2D eigenvalue weighted by atomic mass is 9.95. The Bertz CT molecular complexity index is 973. The van der Waals surface area contributed by atoms with Crippen LogP contribution in [0.25, 0.3) is 16.7 Å². The predicted molar refractivity (Wildman–Crippen MR) is 98.1 cm³/mol. The number of hydrogen-bond acceptors (Lipinski definition) is 4. The zero-order chi connectivity index (χ0) is 17.4. The molecule has 0 aliphatic carbocycles. The number of benzene rings is 2. The molecule has 1 aliphatic heterocycles. The van der Waals surface area contributed by atoms with E-state index in [9.17, 15) is 4.79 Å². The normalized spacial score (nSPS) is 16.5. The van der Waals surface area contributed by atoms with Gasteiger partial charge in [0.15, 0.2) is 0 Å². The molecule has 0 amide bonds. The summed E-state index contributed by atoms with van der Waals surface area (Å²) in [7, 11) is 0. The molecule has 1 N–H and O–H groups in total. The second kappa shape index (κ2) is 6.09. The van der Waals surface area contributed by atoms with Gasteiger partial charge in [-0.25, -0.2) is 9.78 Å². The van der Waals surface area contributed by atoms with Gasteiger partial charge in [0.1, 0.15) is 0 Å². The van der Waals surface area contributed by atoms with E-state index in [1.165, 1.54) is 0 Å². The Labute approximate surface area is 145 Å². The zero-order valence-electron chi connectivity index (χ0n) is 14.2. The second-order valence-electron chi connectivity index (χ2n) is 5.97. The summed E-state index contributed by atoms with van der Waals surface area (Å²) in [6.07, 6.45) is 0. The summed E-state index contributed by atoms with van der Waals surface area (Å²) in [5, 5.41) is 3.42. The topological polar surface area (TPSA) is 56.2 Å². The van der Waals surface area contributed by atoms with Gasteiger partial charge in [-0.15, -0.1) is 0 Å². The first-order valence-electron chi connectivity index (χ1n) is 8.38. The van der Waals surface area contributed by atoms with E-state index in [0.29, 0.717) is 12.2 Å². The highest BCUT2D eigenvalue weighted by atomic mass is 16.5. The summed E-state index contributed by atoms with van der Waals surface area (Å²) in [5.41, 5.74) is 4.32. The van der Waals surface area contributed by atoms with Crippen LogP contribution in [0.5, 0.6) is 0 Å². The van der Waals surface area contributed by atoms with Crippen molar-refractivity contribution in [3.63, 3.8) is 0 Å². The van der Waals surface area contributed by atoms with Crippen LogP contribution in [-0.2, 0) is 9.53 Å². The molecule has 25 heavy (non-hydrogen) atoms. The maximum atomic E-state index is 12.7. The Hall–Kier alpha value is -3.08. The van der Waals surface area contributed by atoms with Gasteiger partial charge in [-0.2, -0.15) is 0 Å². The van der Waals surface area contributed by atoms with Crippen molar-refractivity contribution in [1.82, 2.24) is 9.55 Å². The first kappa shape index (κ1) is 15.4. The van der Waals surface area contributed by atoms with Gasteiger partial charge in [0, 0.05) is 5.70 Å². The van der Waals surface area contributed by atoms with Crippen molar-refractivity contribution in [3.8, 4) is 0 Å². The van der Waals surface area contributed by atoms with E-state index in [4.69, 9.17) is 4.74 Å². The van der Waals surface area contributed by atoms with Crippen LogP contribution >= 0.6 is 0 Å². The molecule has 1 aromatic heterocycles. The average Bonchev–Trinajstić information content (AvgIpc) is 3.01. The molecule has 0 radical (unpaired) electrons. The lowest BCUT2D eigenvalue weighted by Gasteiger charge is -2.29. The summed E-state index contributed by atoms with van der Waals surface area (Å²) in [6, 6.07) is 17.5. The number of imidazole rings is 1. The fourth-order valence-electron chi connectivity index (χ4n) is 3.36. The Kier molecular flexibility index (Phi) is 3.76. The average molecular weight is 333 g/mol. The highest BCUT2D eigenvalue weighted by Crippen LogP contribution is 2.38. The first-order chi connectivity index (χ1) is 12.2. The molecule has 126 valence electrons. The highest BCUT2D eigenvalue weighted by Gasteiger charge is 2.33. The monoisotopic (exact) mass is 333 g/mol. The molecule has 0 fully saturated rings. The number of hydrogen-bond donors (Lipinski definition) is 1. The summed E-state index contributed by atoms with van der Waals surface area (Å²) in [4.78, 5) is 17.4. The van der Waals surface area contributed by atoms with Crippen LogP contribution in [0, 0.1) is 0 Å². The molecule has 5 heteroatoms. The fraction of sp³-hybridized carbons (Fsp3) is 0.200. The van der Waals surface area contributed by atoms with Crippen LogP contribution in [0.15, 0.2) is 60.2 Å². The number of aromatic nitrogens is 2. The molecule has 5 nitrogen and oxygen atoms in total. The molecule has 0 saturated carbocycles. The number of carbonyl (C=O) groups is 1. The van der Waals surface area contributed by atoms with E-state index >= 15 is 0 Å². The van der Waals surface area contributed by atoms with Crippen molar-refractivity contribution < 1.29 is 9.53 Å². The smallest absolute Gasteiger partial charge is 0.338 e. The van der Waals surface area contributed by atoms with Crippen molar-refractivity contribution in [2.75, 3.05) is 11.9 Å². The number of nitrogens with one attached hydrogen (secondary N) is 1. The lowest BCUT2D eigenvalue weighted by molar-refractivity contribution is -0.138. The van der Waals surface area contributed by atoms with Gasteiger partial charge in [0.25, 0.3) is 0 Å². The number of anilines is 1. The number of carbonyl (C=O) groups excluding carboxylic acids is 1. The van der Waals surface area contributed by atoms with Crippen LogP contribution in [0.2, 0.25) is 0 Å². The van der Waals surface area contributed by atoms with Crippen LogP contribution in [0.3, 0.4) is 0 Å². The Morgan fingerprint density at radius 3 is 2.64 bits per heavy atom. The molecule has 1 aliphatic rings. The fourth-order valence-corrected chi connectivity index (χ4v) is 3.36. The van der Waals surface area contributed by atoms with Crippen LogP contribution in [0.1, 0.15) is 25.5 Å². The number of ether oxygens (including phenoxy) is 1. The first-order valence-corrected chi connectivity index (χ1v) is 8.38. The minimum absolute atomic E-state index is 0.287. The molecule has 3 aromatic rings. The molecule has 4 rings (SSSR count). The molecule has 2 heterocycles. The second-order valence-corrected chi connectivity index (χ2v) is 5.97. The molecule has 1 atom stereocenters. The highest BCUT2D eigenvalue weighted by molar-refractivity contribution is 6.00. The van der Waals surface area contributed by atoms with Crippen molar-refractivity contribution in [2.45, 2.75) is 19.9 Å². The summed E-state index contributed by atoms with van der Waals surface area (Å²) in [6.45, 7) is 4.11. The predicted octanol–water partition coefficient (Wildman–Crippen LogP) is 4.00. The molecule has 0 saturated heterocycles. The van der Waals surface area contributed by atoms with E-state index in [1.54, 1.807) is 0 Å². The maximum Gasteiger partial charge on any atom is 0.338 e. The quantitative estimate of drug-likeness (QED) is 0.736. The summed E-state index contributed by atoms with van der Waals surface area (Å²) < 4.78 is 7.32. The number of rotatable bonds is 3. The van der Waals surface area contributed by atoms with Crippen LogP contribution < -0.4 is 5.32 Å². The van der Waals surface area contributed by atoms with Crippen molar-refractivity contribution in [3.05, 3.63) is 65.7 Å². The minimum atomic E-state index is -0.301. The summed E-state index contributed by atoms with van der Waals surface area (Å²) >= 11 is 0. The molecule has 0 bridgehead atoms. The van der Waals surface area contributed by atoms with E-state index in [-0.39, 0.29) is 12.0 Å². The standard InChI is InChI=1S/C20H19N3O2/c1-3-25-19(24)17-13(2)23-16-12-8-7-11-15(16)21-20(23)22-18(17)14-9-5-4-6-10-14/h4-12,18H,3H2,1-2H3,(H,21,22). The Morgan fingerprint density at radius 2 is 1.88 bits per heavy atom. The van der Waals surface area contributed by atoms with E-state index in [2.05, 4.69) is 10.3 Å². The van der Waals surface area contributed by atoms with E-state index < -0.39 is 0 Å². The van der Waals surface area contributed by atoms with Gasteiger partial charge in [-0.3, -0.25) is 4.57 Å². The van der Waals surface area contributed by atoms with Gasteiger partial charge in [0.05, 0.1) is 29.3 Å². The Morgan fingerprint density at radius 1 is 1.16 bits per heavy atom. The maximum absolute atomic E-state index is 12.7. The third kappa shape index (κ3) is 2.48. The molecule has 1 unspecified atom stereocenters. The third-order valence-corrected chi connectivity index (χ3v) is 4.48. The van der Waals surface area contributed by atoms with Crippen molar-refractivity contribution in [2.24, 2.45) is 0 Å². The SMILES string of the molecule is CCOC(=O)C1=C(C)n2c(nc3ccccc32)NC1c1ccccc1. The minimum Gasteiger partial charge on any atom is -0.463 e. The lowest BCUT2D eigenvalue weighted by Crippen LogP contribution is -2.28. The van der Waals surface area contributed by atoms with Gasteiger partial charge >= 0.3 is 5.97 Å². The van der Waals surface area contributed by atoms with Crippen molar-refractivity contribution in [1.29, 1.82) is 0 Å². The third-order valence-electron chi connectivity index (χ3n) is 4.48. The summed E-state index contributed by atoms with van der Waals surface area (Å²) in [5.74, 6) is 0.436. The molecule has 0 spiro atoms.